The number of aromatic nitrogens is 4. The van der Waals surface area contributed by atoms with Crippen LogP contribution in [0.25, 0.3) is 5.82 Å². The van der Waals surface area contributed by atoms with Gasteiger partial charge >= 0.3 is 0 Å². The molecule has 0 aliphatic carbocycles. The summed E-state index contributed by atoms with van der Waals surface area (Å²) in [4.78, 5) is 8.55. The summed E-state index contributed by atoms with van der Waals surface area (Å²) >= 11 is 0. The molecule has 0 atom stereocenters. The van der Waals surface area contributed by atoms with Crippen molar-refractivity contribution < 1.29 is 12.8 Å². The van der Waals surface area contributed by atoms with Gasteiger partial charge in [0.25, 0.3) is 0 Å². The van der Waals surface area contributed by atoms with E-state index in [1.165, 1.54) is 23.0 Å². The summed E-state index contributed by atoms with van der Waals surface area (Å²) in [7, 11) is -3.13. The third-order valence-corrected chi connectivity index (χ3v) is 7.79. The van der Waals surface area contributed by atoms with Crippen molar-refractivity contribution in [2.24, 2.45) is 0 Å². The molecule has 0 unspecified atom stereocenters. The number of hydrogen-bond acceptors (Lipinski definition) is 7. The monoisotopic (exact) mass is 458 g/mol. The first-order valence-corrected chi connectivity index (χ1v) is 12.3. The van der Waals surface area contributed by atoms with E-state index < -0.39 is 15.7 Å². The molecule has 3 heterocycles. The smallest absolute Gasteiger partial charge is 0.191 e. The van der Waals surface area contributed by atoms with Gasteiger partial charge < -0.3 is 4.90 Å². The molecule has 32 heavy (non-hydrogen) atoms. The van der Waals surface area contributed by atoms with Crippen LogP contribution in [0.4, 0.5) is 10.1 Å². The van der Waals surface area contributed by atoms with E-state index >= 15 is 0 Å². The normalized spacial score (nSPS) is 15.4. The fourth-order valence-electron chi connectivity index (χ4n) is 3.66. The van der Waals surface area contributed by atoms with Crippen molar-refractivity contribution in [1.82, 2.24) is 24.9 Å². The molecule has 0 spiro atoms. The Kier molecular flexibility index (Phi) is 6.52. The highest BCUT2D eigenvalue weighted by Gasteiger charge is 2.21. The third-order valence-electron chi connectivity index (χ3n) is 5.62. The molecule has 1 aliphatic rings. The average Bonchev–Trinajstić information content (AvgIpc) is 3.22. The van der Waals surface area contributed by atoms with E-state index in [1.807, 2.05) is 24.3 Å². The Bertz CT molecular complexity index is 1170. The van der Waals surface area contributed by atoms with Crippen molar-refractivity contribution in [3.63, 3.8) is 0 Å². The number of piperazine rings is 1. The number of pyridine rings is 1. The maximum absolute atomic E-state index is 13.9. The summed E-state index contributed by atoms with van der Waals surface area (Å²) in [6, 6.07) is 10.7. The second-order valence-electron chi connectivity index (χ2n) is 8.25. The molecule has 3 aromatic rings. The molecule has 10 heteroatoms. The van der Waals surface area contributed by atoms with Gasteiger partial charge in [-0.05, 0) is 43.7 Å². The molecular formula is C22H27FN6O2S. The van der Waals surface area contributed by atoms with Crippen LogP contribution < -0.4 is 4.90 Å². The van der Waals surface area contributed by atoms with E-state index in [-0.39, 0.29) is 16.8 Å². The van der Waals surface area contributed by atoms with Crippen LogP contribution in [0.1, 0.15) is 25.1 Å². The number of halogens is 1. The van der Waals surface area contributed by atoms with Gasteiger partial charge in [0.15, 0.2) is 21.5 Å². The van der Waals surface area contributed by atoms with Crippen LogP contribution in [-0.4, -0.2) is 64.7 Å². The van der Waals surface area contributed by atoms with Crippen LogP contribution in [0.5, 0.6) is 0 Å². The molecule has 0 N–H and O–H groups in total. The summed E-state index contributed by atoms with van der Waals surface area (Å²) in [5, 5.41) is 7.78. The van der Waals surface area contributed by atoms with Crippen molar-refractivity contribution >= 4 is 15.5 Å². The summed E-state index contributed by atoms with van der Waals surface area (Å²) in [5.41, 5.74) is 2.61. The van der Waals surface area contributed by atoms with Crippen molar-refractivity contribution in [3.05, 3.63) is 65.9 Å². The average molecular weight is 459 g/mol. The topological polar surface area (TPSA) is 84.2 Å². The Hall–Kier alpha value is -2.85. The van der Waals surface area contributed by atoms with Crippen LogP contribution in [-0.2, 0) is 22.1 Å². The maximum Gasteiger partial charge on any atom is 0.191 e. The van der Waals surface area contributed by atoms with Crippen LogP contribution in [0.2, 0.25) is 0 Å². The molecule has 4 rings (SSSR count). The van der Waals surface area contributed by atoms with Gasteiger partial charge in [0, 0.05) is 44.6 Å². The molecule has 2 aromatic heterocycles. The maximum atomic E-state index is 13.9. The molecule has 0 bridgehead atoms. The quantitative estimate of drug-likeness (QED) is 0.538. The Labute approximate surface area is 187 Å². The lowest BCUT2D eigenvalue weighted by molar-refractivity contribution is 0.247. The van der Waals surface area contributed by atoms with Crippen molar-refractivity contribution in [1.29, 1.82) is 0 Å². The lowest BCUT2D eigenvalue weighted by atomic mass is 10.2. The van der Waals surface area contributed by atoms with Crippen LogP contribution in [0, 0.1) is 5.82 Å². The molecule has 1 fully saturated rings. The molecule has 1 aliphatic heterocycles. The van der Waals surface area contributed by atoms with Gasteiger partial charge in [-0.15, -0.1) is 5.10 Å². The van der Waals surface area contributed by atoms with Gasteiger partial charge in [-0.3, -0.25) is 4.90 Å². The van der Waals surface area contributed by atoms with Gasteiger partial charge in [-0.25, -0.2) is 17.8 Å². The Morgan fingerprint density at radius 1 is 1.09 bits per heavy atom. The first-order valence-electron chi connectivity index (χ1n) is 10.6. The Morgan fingerprint density at radius 3 is 2.59 bits per heavy atom. The zero-order valence-electron chi connectivity index (χ0n) is 18.2. The minimum atomic E-state index is -3.13. The highest BCUT2D eigenvalue weighted by Crippen LogP contribution is 2.21. The second-order valence-corrected chi connectivity index (χ2v) is 10.8. The van der Waals surface area contributed by atoms with Crippen LogP contribution in [0.3, 0.4) is 0 Å². The Morgan fingerprint density at radius 2 is 1.88 bits per heavy atom. The summed E-state index contributed by atoms with van der Waals surface area (Å²) in [6.45, 7) is 7.36. The lowest BCUT2D eigenvalue weighted by Crippen LogP contribution is -2.46. The fourth-order valence-corrected chi connectivity index (χ4v) is 4.63. The first kappa shape index (κ1) is 22.3. The van der Waals surface area contributed by atoms with Crippen LogP contribution in [0.15, 0.2) is 48.8 Å². The van der Waals surface area contributed by atoms with Gasteiger partial charge in [0.05, 0.1) is 22.9 Å². The number of anilines is 1. The largest absolute Gasteiger partial charge is 0.369 e. The lowest BCUT2D eigenvalue weighted by Gasteiger charge is -2.35. The second kappa shape index (κ2) is 9.33. The van der Waals surface area contributed by atoms with Crippen molar-refractivity contribution in [2.45, 2.75) is 31.4 Å². The highest BCUT2D eigenvalue weighted by atomic mass is 32.2. The predicted octanol–water partition coefficient (Wildman–Crippen LogP) is 2.45. The zero-order valence-corrected chi connectivity index (χ0v) is 19.0. The fraction of sp³-hybridized carbons (Fsp3) is 0.409. The number of hydrogen-bond donors (Lipinski definition) is 0. The molecule has 0 saturated carbocycles. The third kappa shape index (κ3) is 5.13. The van der Waals surface area contributed by atoms with Crippen molar-refractivity contribution in [2.75, 3.05) is 31.1 Å². The summed E-state index contributed by atoms with van der Waals surface area (Å²) < 4.78 is 39.8. The SMILES string of the molecule is CC(C)S(=O)(=O)Cc1cccc(N2CCN(Cc3cn(-c4ncccc4F)nn3)CC2)c1. The van der Waals surface area contributed by atoms with Crippen LogP contribution >= 0.6 is 0 Å². The van der Waals surface area contributed by atoms with Gasteiger partial charge in [0.1, 0.15) is 0 Å². The van der Waals surface area contributed by atoms with E-state index in [0.717, 1.165) is 43.1 Å². The van der Waals surface area contributed by atoms with Crippen molar-refractivity contribution in [3.8, 4) is 5.82 Å². The van der Waals surface area contributed by atoms with E-state index in [0.29, 0.717) is 6.54 Å². The first-order chi connectivity index (χ1) is 15.3. The van der Waals surface area contributed by atoms with Gasteiger partial charge in [0.2, 0.25) is 0 Å². The molecule has 8 nitrogen and oxygen atoms in total. The van der Waals surface area contributed by atoms with E-state index in [2.05, 4.69) is 25.1 Å². The predicted molar refractivity (Wildman–Crippen MR) is 121 cm³/mol. The number of rotatable bonds is 7. The molecule has 0 amide bonds. The molecule has 1 saturated heterocycles. The molecular weight excluding hydrogens is 431 g/mol. The summed E-state index contributed by atoms with van der Waals surface area (Å²) in [5.74, 6) is -0.248. The van der Waals surface area contributed by atoms with Gasteiger partial charge in [-0.2, -0.15) is 4.68 Å². The number of nitrogens with zero attached hydrogens (tertiary/aromatic N) is 6. The summed E-state index contributed by atoms with van der Waals surface area (Å²) in [6.07, 6.45) is 3.22. The number of sulfone groups is 1. The molecule has 1 aromatic carbocycles. The standard InChI is InChI=1S/C22H27FN6O2S/c1-17(2)32(30,31)16-18-5-3-6-20(13-18)28-11-9-27(10-12-28)14-19-15-29(26-25-19)22-21(23)7-4-8-24-22/h3-8,13,15,17H,9-12,14,16H2,1-2H3. The van der Waals surface area contributed by atoms with Gasteiger partial charge in [-0.1, -0.05) is 17.3 Å². The molecule has 0 radical (unpaired) electrons. The van der Waals surface area contributed by atoms with E-state index in [9.17, 15) is 12.8 Å². The van der Waals surface area contributed by atoms with E-state index in [1.54, 1.807) is 20.0 Å². The Balaban J connectivity index is 1.35. The highest BCUT2D eigenvalue weighted by molar-refractivity contribution is 7.91. The zero-order chi connectivity index (χ0) is 22.7. The minimum Gasteiger partial charge on any atom is -0.369 e. The van der Waals surface area contributed by atoms with E-state index in [4.69, 9.17) is 0 Å². The molecule has 170 valence electrons. The number of benzene rings is 1. The minimum absolute atomic E-state index is 0.0605.